The van der Waals surface area contributed by atoms with Crippen LogP contribution in [0.3, 0.4) is 0 Å². The van der Waals surface area contributed by atoms with Crippen molar-refractivity contribution in [2.75, 3.05) is 31.6 Å². The predicted octanol–water partition coefficient (Wildman–Crippen LogP) is 2.34. The number of benzene rings is 2. The number of para-hydroxylation sites is 1. The molecule has 8 nitrogen and oxygen atoms in total. The number of ether oxygens (including phenoxy) is 1. The lowest BCUT2D eigenvalue weighted by molar-refractivity contribution is -0.115. The van der Waals surface area contributed by atoms with Gasteiger partial charge in [0, 0.05) is 24.2 Å². The Bertz CT molecular complexity index is 1150. The predicted molar refractivity (Wildman–Crippen MR) is 107 cm³/mol. The molecule has 0 radical (unpaired) electrons. The van der Waals surface area contributed by atoms with Gasteiger partial charge in [0.25, 0.3) is 0 Å². The molecule has 1 N–H and O–H groups in total. The Morgan fingerprint density at radius 2 is 1.93 bits per heavy atom. The molecule has 0 unspecified atom stereocenters. The highest BCUT2D eigenvalue weighted by Gasteiger charge is 2.28. The molecule has 1 fully saturated rings. The number of sulfonamides is 1. The van der Waals surface area contributed by atoms with E-state index in [1.54, 1.807) is 25.1 Å². The maximum Gasteiger partial charge on any atom is 0.243 e. The molecule has 0 aliphatic carbocycles. The maximum atomic E-state index is 13.0. The fourth-order valence-corrected chi connectivity index (χ4v) is 4.96. The van der Waals surface area contributed by atoms with Crippen LogP contribution >= 0.6 is 0 Å². The fraction of sp³-hybridized carbons (Fsp3) is 0.300. The van der Waals surface area contributed by atoms with Crippen LogP contribution < -0.4 is 5.32 Å². The largest absolute Gasteiger partial charge is 0.379 e. The first-order chi connectivity index (χ1) is 13.9. The van der Waals surface area contributed by atoms with Gasteiger partial charge in [-0.2, -0.15) is 4.31 Å². The van der Waals surface area contributed by atoms with Crippen molar-refractivity contribution in [3.63, 3.8) is 0 Å². The van der Waals surface area contributed by atoms with E-state index in [4.69, 9.17) is 9.26 Å². The molecular formula is C20H21N3O5S. The normalized spacial score (nSPS) is 15.5. The standard InChI is InChI=1S/C20H21N3O5S/c1-14-6-7-15(12-19(14)29(25,26)23-8-10-27-11-9-23)21-20(24)13-17-16-4-2-3-5-18(16)28-22-17/h2-7,12H,8-11,13H2,1H3,(H,21,24). The number of hydrogen-bond acceptors (Lipinski definition) is 6. The molecule has 1 aliphatic rings. The number of rotatable bonds is 5. The SMILES string of the molecule is Cc1ccc(NC(=O)Cc2noc3ccccc23)cc1S(=O)(=O)N1CCOCC1. The summed E-state index contributed by atoms with van der Waals surface area (Å²) in [6, 6.07) is 12.2. The third kappa shape index (κ3) is 4.02. The number of hydrogen-bond donors (Lipinski definition) is 1. The second-order valence-electron chi connectivity index (χ2n) is 6.85. The van der Waals surface area contributed by atoms with Crippen LogP contribution in [0.25, 0.3) is 11.0 Å². The number of nitrogens with zero attached hydrogens (tertiary/aromatic N) is 2. The van der Waals surface area contributed by atoms with Crippen molar-refractivity contribution in [1.29, 1.82) is 0 Å². The summed E-state index contributed by atoms with van der Waals surface area (Å²) in [4.78, 5) is 12.7. The molecule has 3 aromatic rings. The minimum absolute atomic E-state index is 0.0242. The molecule has 2 aromatic carbocycles. The quantitative estimate of drug-likeness (QED) is 0.686. The first kappa shape index (κ1) is 19.6. The highest BCUT2D eigenvalue weighted by Crippen LogP contribution is 2.25. The second kappa shape index (κ2) is 7.94. The molecule has 9 heteroatoms. The summed E-state index contributed by atoms with van der Waals surface area (Å²) in [5.41, 5.74) is 2.19. The number of nitrogens with one attached hydrogen (secondary N) is 1. The number of aryl methyl sites for hydroxylation is 1. The lowest BCUT2D eigenvalue weighted by Crippen LogP contribution is -2.40. The van der Waals surface area contributed by atoms with Gasteiger partial charge in [-0.3, -0.25) is 4.79 Å². The van der Waals surface area contributed by atoms with Crippen LogP contribution in [0.4, 0.5) is 5.69 Å². The summed E-state index contributed by atoms with van der Waals surface area (Å²) in [5, 5.41) is 7.50. The summed E-state index contributed by atoms with van der Waals surface area (Å²) in [7, 11) is -3.66. The van der Waals surface area contributed by atoms with Gasteiger partial charge in [0.1, 0.15) is 5.69 Å². The van der Waals surface area contributed by atoms with Gasteiger partial charge in [-0.05, 0) is 36.8 Å². The number of carbonyl (C=O) groups excluding carboxylic acids is 1. The zero-order valence-corrected chi connectivity index (χ0v) is 16.7. The van der Waals surface area contributed by atoms with E-state index in [0.717, 1.165) is 5.39 Å². The van der Waals surface area contributed by atoms with Gasteiger partial charge < -0.3 is 14.6 Å². The summed E-state index contributed by atoms with van der Waals surface area (Å²) in [6.07, 6.45) is 0.0242. The summed E-state index contributed by atoms with van der Waals surface area (Å²) < 4.78 is 37.8. The number of fused-ring (bicyclic) bond motifs is 1. The van der Waals surface area contributed by atoms with Crippen molar-refractivity contribution in [2.45, 2.75) is 18.2 Å². The molecule has 0 spiro atoms. The molecule has 29 heavy (non-hydrogen) atoms. The van der Waals surface area contributed by atoms with Crippen molar-refractivity contribution in [1.82, 2.24) is 9.46 Å². The maximum absolute atomic E-state index is 13.0. The Kier molecular flexibility index (Phi) is 5.35. The Hall–Kier alpha value is -2.75. The number of amides is 1. The van der Waals surface area contributed by atoms with Crippen LogP contribution in [0.2, 0.25) is 0 Å². The van der Waals surface area contributed by atoms with Gasteiger partial charge >= 0.3 is 0 Å². The zero-order valence-electron chi connectivity index (χ0n) is 15.9. The van der Waals surface area contributed by atoms with Gasteiger partial charge in [-0.1, -0.05) is 23.4 Å². The van der Waals surface area contributed by atoms with E-state index in [9.17, 15) is 13.2 Å². The van der Waals surface area contributed by atoms with Crippen LogP contribution in [-0.2, 0) is 26.0 Å². The van der Waals surface area contributed by atoms with Crippen molar-refractivity contribution >= 4 is 32.6 Å². The molecule has 0 atom stereocenters. The van der Waals surface area contributed by atoms with Gasteiger partial charge in [0.15, 0.2) is 5.58 Å². The average molecular weight is 415 g/mol. The Labute approximate surface area is 168 Å². The number of anilines is 1. The molecule has 152 valence electrons. The van der Waals surface area contributed by atoms with Crippen molar-refractivity contribution in [2.24, 2.45) is 0 Å². The molecular weight excluding hydrogens is 394 g/mol. The van der Waals surface area contributed by atoms with Crippen LogP contribution in [0.1, 0.15) is 11.3 Å². The molecule has 1 aromatic heterocycles. The van der Waals surface area contributed by atoms with E-state index >= 15 is 0 Å². The van der Waals surface area contributed by atoms with Crippen molar-refractivity contribution in [3.05, 3.63) is 53.7 Å². The minimum atomic E-state index is -3.66. The molecule has 0 saturated carbocycles. The molecule has 1 saturated heterocycles. The topological polar surface area (TPSA) is 102 Å². The van der Waals surface area contributed by atoms with Crippen LogP contribution in [0, 0.1) is 6.92 Å². The van der Waals surface area contributed by atoms with E-state index in [1.165, 1.54) is 10.4 Å². The first-order valence-electron chi connectivity index (χ1n) is 9.27. The summed E-state index contributed by atoms with van der Waals surface area (Å²) >= 11 is 0. The number of carbonyl (C=O) groups is 1. The van der Waals surface area contributed by atoms with Gasteiger partial charge in [0.05, 0.1) is 24.5 Å². The monoisotopic (exact) mass is 415 g/mol. The average Bonchev–Trinajstić information content (AvgIpc) is 3.13. The molecule has 2 heterocycles. The van der Waals surface area contributed by atoms with E-state index in [-0.39, 0.29) is 17.2 Å². The Balaban J connectivity index is 1.53. The van der Waals surface area contributed by atoms with Gasteiger partial charge in [-0.15, -0.1) is 0 Å². The summed E-state index contributed by atoms with van der Waals surface area (Å²) in [6.45, 7) is 3.12. The van der Waals surface area contributed by atoms with E-state index in [2.05, 4.69) is 10.5 Å². The van der Waals surface area contributed by atoms with Crippen molar-refractivity contribution in [3.8, 4) is 0 Å². The Morgan fingerprint density at radius 3 is 2.72 bits per heavy atom. The first-order valence-corrected chi connectivity index (χ1v) is 10.7. The van der Waals surface area contributed by atoms with Crippen LogP contribution in [0.5, 0.6) is 0 Å². The number of aromatic nitrogens is 1. The van der Waals surface area contributed by atoms with Gasteiger partial charge in [0.2, 0.25) is 15.9 Å². The molecule has 4 rings (SSSR count). The lowest BCUT2D eigenvalue weighted by Gasteiger charge is -2.26. The van der Waals surface area contributed by atoms with E-state index in [1.807, 2.05) is 18.2 Å². The van der Waals surface area contributed by atoms with Gasteiger partial charge in [-0.25, -0.2) is 8.42 Å². The third-order valence-electron chi connectivity index (χ3n) is 4.84. The van der Waals surface area contributed by atoms with Crippen molar-refractivity contribution < 1.29 is 22.5 Å². The minimum Gasteiger partial charge on any atom is -0.379 e. The molecule has 0 bridgehead atoms. The fourth-order valence-electron chi connectivity index (χ4n) is 3.30. The molecule has 1 aliphatic heterocycles. The van der Waals surface area contributed by atoms with Crippen LogP contribution in [-0.4, -0.2) is 50.1 Å². The number of morpholine rings is 1. The van der Waals surface area contributed by atoms with Crippen LogP contribution in [0.15, 0.2) is 51.9 Å². The second-order valence-corrected chi connectivity index (χ2v) is 8.75. The van der Waals surface area contributed by atoms with E-state index in [0.29, 0.717) is 48.8 Å². The summed E-state index contributed by atoms with van der Waals surface area (Å²) in [5.74, 6) is -0.303. The smallest absolute Gasteiger partial charge is 0.243 e. The van der Waals surface area contributed by atoms with E-state index < -0.39 is 10.0 Å². The highest BCUT2D eigenvalue weighted by molar-refractivity contribution is 7.89. The lowest BCUT2D eigenvalue weighted by atomic mass is 10.1. The molecule has 1 amide bonds. The Morgan fingerprint density at radius 1 is 1.17 bits per heavy atom. The third-order valence-corrected chi connectivity index (χ3v) is 6.88. The zero-order chi connectivity index (χ0) is 20.4. The highest BCUT2D eigenvalue weighted by atomic mass is 32.2.